The lowest BCUT2D eigenvalue weighted by Crippen LogP contribution is -1.71. The third-order valence-corrected chi connectivity index (χ3v) is 2.23. The van der Waals surface area contributed by atoms with E-state index in [2.05, 4.69) is 38.2 Å². The van der Waals surface area contributed by atoms with Gasteiger partial charge in [-0.2, -0.15) is 0 Å². The molecule has 0 saturated carbocycles. The van der Waals surface area contributed by atoms with Crippen LogP contribution >= 0.6 is 0 Å². The molecule has 0 atom stereocenters. The van der Waals surface area contributed by atoms with E-state index in [0.29, 0.717) is 0 Å². The molecule has 66 valence electrons. The van der Waals surface area contributed by atoms with Crippen molar-refractivity contribution in [2.75, 3.05) is 0 Å². The van der Waals surface area contributed by atoms with Gasteiger partial charge in [-0.3, -0.25) is 0 Å². The van der Waals surface area contributed by atoms with Crippen molar-refractivity contribution in [1.29, 1.82) is 0 Å². The first-order valence-corrected chi connectivity index (χ1v) is 4.90. The van der Waals surface area contributed by atoms with Crippen molar-refractivity contribution in [3.63, 3.8) is 0 Å². The van der Waals surface area contributed by atoms with Crippen LogP contribution in [0.3, 0.4) is 0 Å². The van der Waals surface area contributed by atoms with E-state index in [4.69, 9.17) is 0 Å². The number of allylic oxidation sites excluding steroid dienone is 6. The average molecular weight is 162 g/mol. The summed E-state index contributed by atoms with van der Waals surface area (Å²) < 4.78 is 0. The summed E-state index contributed by atoms with van der Waals surface area (Å²) in [5.74, 6) is 0. The summed E-state index contributed by atoms with van der Waals surface area (Å²) in [5.41, 5.74) is 3.08. The van der Waals surface area contributed by atoms with Crippen molar-refractivity contribution in [3.05, 3.63) is 35.5 Å². The fraction of sp³-hybridized carbons (Fsp3) is 0.500. The molecule has 1 aliphatic rings. The first-order chi connectivity index (χ1) is 5.86. The summed E-state index contributed by atoms with van der Waals surface area (Å²) in [6.07, 6.45) is 13.9. The lowest BCUT2D eigenvalue weighted by molar-refractivity contribution is 1.05. The van der Waals surface area contributed by atoms with Gasteiger partial charge in [-0.05, 0) is 31.3 Å². The molecule has 0 radical (unpaired) electrons. The molecule has 0 aliphatic heterocycles. The van der Waals surface area contributed by atoms with E-state index in [1.807, 2.05) is 0 Å². The van der Waals surface area contributed by atoms with Crippen LogP contribution in [0.15, 0.2) is 35.5 Å². The van der Waals surface area contributed by atoms with E-state index in [0.717, 1.165) is 12.8 Å². The summed E-state index contributed by atoms with van der Waals surface area (Å²) in [7, 11) is 0. The number of hydrogen-bond acceptors (Lipinski definition) is 0. The molecule has 12 heavy (non-hydrogen) atoms. The van der Waals surface area contributed by atoms with Gasteiger partial charge in [-0.25, -0.2) is 0 Å². The van der Waals surface area contributed by atoms with Crippen LogP contribution in [0.25, 0.3) is 0 Å². The Labute approximate surface area is 75.7 Å². The standard InChI is InChI=1S/C12H18/c1-3-5-6-7-12-9-8-11(4-2)10-12/h5-6,9-10H,3-4,7-8H2,1-2H3. The van der Waals surface area contributed by atoms with E-state index < -0.39 is 0 Å². The van der Waals surface area contributed by atoms with Gasteiger partial charge in [-0.15, -0.1) is 0 Å². The van der Waals surface area contributed by atoms with Crippen LogP contribution in [0.5, 0.6) is 0 Å². The normalized spacial score (nSPS) is 16.8. The van der Waals surface area contributed by atoms with Gasteiger partial charge in [0.2, 0.25) is 0 Å². The highest BCUT2D eigenvalue weighted by Gasteiger charge is 2.02. The molecule has 0 saturated heterocycles. The Morgan fingerprint density at radius 2 is 2.17 bits per heavy atom. The molecule has 0 spiro atoms. The lowest BCUT2D eigenvalue weighted by atomic mass is 10.1. The van der Waals surface area contributed by atoms with Crippen molar-refractivity contribution in [3.8, 4) is 0 Å². The fourth-order valence-corrected chi connectivity index (χ4v) is 1.42. The van der Waals surface area contributed by atoms with Crippen LogP contribution in [0.2, 0.25) is 0 Å². The molecule has 0 aromatic carbocycles. The zero-order valence-corrected chi connectivity index (χ0v) is 8.14. The minimum absolute atomic E-state index is 1.12. The van der Waals surface area contributed by atoms with Crippen molar-refractivity contribution < 1.29 is 0 Å². The third-order valence-electron chi connectivity index (χ3n) is 2.23. The quantitative estimate of drug-likeness (QED) is 0.548. The maximum absolute atomic E-state index is 2.35. The largest absolute Gasteiger partial charge is 0.0885 e. The third kappa shape index (κ3) is 2.69. The predicted octanol–water partition coefficient (Wildman–Crippen LogP) is 4.01. The van der Waals surface area contributed by atoms with E-state index >= 15 is 0 Å². The van der Waals surface area contributed by atoms with Gasteiger partial charge < -0.3 is 0 Å². The smallest absolute Gasteiger partial charge is 0.0101 e. The summed E-state index contributed by atoms with van der Waals surface area (Å²) in [6, 6.07) is 0. The molecule has 0 fully saturated rings. The van der Waals surface area contributed by atoms with Gasteiger partial charge in [0.1, 0.15) is 0 Å². The van der Waals surface area contributed by atoms with E-state index in [1.165, 1.54) is 18.4 Å². The van der Waals surface area contributed by atoms with Crippen molar-refractivity contribution in [2.45, 2.75) is 39.5 Å². The molecule has 0 unspecified atom stereocenters. The minimum atomic E-state index is 1.12. The van der Waals surface area contributed by atoms with Crippen LogP contribution in [0.4, 0.5) is 0 Å². The molecule has 1 aliphatic carbocycles. The summed E-state index contributed by atoms with van der Waals surface area (Å²) in [5, 5.41) is 0. The second-order valence-electron chi connectivity index (χ2n) is 3.22. The Balaban J connectivity index is 2.35. The van der Waals surface area contributed by atoms with Crippen LogP contribution < -0.4 is 0 Å². The Bertz CT molecular complexity index is 216. The molecule has 0 aromatic rings. The van der Waals surface area contributed by atoms with E-state index in [9.17, 15) is 0 Å². The van der Waals surface area contributed by atoms with E-state index in [1.54, 1.807) is 5.57 Å². The highest BCUT2D eigenvalue weighted by atomic mass is 14.1. The Hall–Kier alpha value is -0.780. The van der Waals surface area contributed by atoms with Crippen molar-refractivity contribution in [2.24, 2.45) is 0 Å². The topological polar surface area (TPSA) is 0 Å². The maximum Gasteiger partial charge on any atom is -0.0101 e. The molecular weight excluding hydrogens is 144 g/mol. The Morgan fingerprint density at radius 3 is 2.75 bits per heavy atom. The molecule has 0 heterocycles. The second kappa shape index (κ2) is 4.97. The average Bonchev–Trinajstić information content (AvgIpc) is 2.53. The summed E-state index contributed by atoms with van der Waals surface area (Å²) >= 11 is 0. The SMILES string of the molecule is CCC=CCC1=CCC(CC)=C1. The molecule has 0 aromatic heterocycles. The molecule has 0 bridgehead atoms. The molecule has 0 amide bonds. The molecular formula is C12H18. The van der Waals surface area contributed by atoms with Gasteiger partial charge >= 0.3 is 0 Å². The van der Waals surface area contributed by atoms with Gasteiger partial charge in [0.05, 0.1) is 0 Å². The van der Waals surface area contributed by atoms with Crippen LogP contribution in [-0.4, -0.2) is 0 Å². The summed E-state index contributed by atoms with van der Waals surface area (Å²) in [6.45, 7) is 4.40. The predicted molar refractivity (Wildman–Crippen MR) is 55.1 cm³/mol. The van der Waals surface area contributed by atoms with Crippen molar-refractivity contribution >= 4 is 0 Å². The van der Waals surface area contributed by atoms with Gasteiger partial charge in [0, 0.05) is 0 Å². The van der Waals surface area contributed by atoms with Gasteiger partial charge in [0.25, 0.3) is 0 Å². The van der Waals surface area contributed by atoms with Gasteiger partial charge in [0.15, 0.2) is 0 Å². The maximum atomic E-state index is 2.35. The van der Waals surface area contributed by atoms with Crippen LogP contribution in [0, 0.1) is 0 Å². The molecule has 1 rings (SSSR count). The first kappa shape index (κ1) is 9.31. The highest BCUT2D eigenvalue weighted by molar-refractivity contribution is 5.33. The second-order valence-corrected chi connectivity index (χ2v) is 3.22. The summed E-state index contributed by atoms with van der Waals surface area (Å²) in [4.78, 5) is 0. The zero-order valence-electron chi connectivity index (χ0n) is 8.14. The highest BCUT2D eigenvalue weighted by Crippen LogP contribution is 2.22. The zero-order chi connectivity index (χ0) is 8.81. The molecule has 0 nitrogen and oxygen atoms in total. The number of rotatable bonds is 4. The van der Waals surface area contributed by atoms with E-state index in [-0.39, 0.29) is 0 Å². The lowest BCUT2D eigenvalue weighted by Gasteiger charge is -1.91. The minimum Gasteiger partial charge on any atom is -0.0885 e. The van der Waals surface area contributed by atoms with Gasteiger partial charge in [-0.1, -0.05) is 43.7 Å². The monoisotopic (exact) mass is 162 g/mol. The number of hydrogen-bond donors (Lipinski definition) is 0. The fourth-order valence-electron chi connectivity index (χ4n) is 1.42. The molecule has 0 N–H and O–H groups in total. The Morgan fingerprint density at radius 1 is 1.33 bits per heavy atom. The Kier molecular flexibility index (Phi) is 3.86. The first-order valence-electron chi connectivity index (χ1n) is 4.90. The van der Waals surface area contributed by atoms with Crippen LogP contribution in [0.1, 0.15) is 39.5 Å². The molecule has 0 heteroatoms. The van der Waals surface area contributed by atoms with Crippen LogP contribution in [-0.2, 0) is 0 Å². The van der Waals surface area contributed by atoms with Crippen molar-refractivity contribution in [1.82, 2.24) is 0 Å².